The van der Waals surface area contributed by atoms with Crippen molar-refractivity contribution >= 4 is 40.0 Å². The summed E-state index contributed by atoms with van der Waals surface area (Å²) >= 11 is 1.34. The molecule has 3 rings (SSSR count). The number of carbonyl (C=O) groups is 2. The number of rotatable bonds is 6. The average molecular weight is 378 g/mol. The van der Waals surface area contributed by atoms with Gasteiger partial charge in [-0.25, -0.2) is 4.98 Å². The SMILES string of the molecule is CC(=O)N(c1ccccc1)c1nc(/C=C/C(=O)NCc2ccccn2)cs1. The fraction of sp³-hybridized carbons (Fsp3) is 0.100. The molecular weight excluding hydrogens is 360 g/mol. The van der Waals surface area contributed by atoms with Gasteiger partial charge in [-0.1, -0.05) is 24.3 Å². The molecule has 2 amide bonds. The van der Waals surface area contributed by atoms with Gasteiger partial charge in [0.1, 0.15) is 0 Å². The Labute approximate surface area is 161 Å². The molecule has 0 atom stereocenters. The van der Waals surface area contributed by atoms with E-state index in [4.69, 9.17) is 0 Å². The zero-order chi connectivity index (χ0) is 19.1. The molecule has 0 saturated heterocycles. The van der Waals surface area contributed by atoms with Crippen LogP contribution < -0.4 is 10.2 Å². The second-order valence-corrected chi connectivity index (χ2v) is 6.45. The first-order chi connectivity index (χ1) is 13.1. The number of nitrogens with zero attached hydrogens (tertiary/aromatic N) is 3. The largest absolute Gasteiger partial charge is 0.347 e. The lowest BCUT2D eigenvalue weighted by Crippen LogP contribution is -2.22. The van der Waals surface area contributed by atoms with Crippen molar-refractivity contribution in [1.29, 1.82) is 0 Å². The summed E-state index contributed by atoms with van der Waals surface area (Å²) in [6.07, 6.45) is 4.72. The van der Waals surface area contributed by atoms with Crippen LogP contribution in [0.4, 0.5) is 10.8 Å². The normalized spacial score (nSPS) is 10.7. The monoisotopic (exact) mass is 378 g/mol. The lowest BCUT2D eigenvalue weighted by Gasteiger charge is -2.17. The second kappa shape index (κ2) is 8.86. The molecule has 0 aliphatic rings. The summed E-state index contributed by atoms with van der Waals surface area (Å²) in [5.74, 6) is -0.360. The molecule has 0 spiro atoms. The summed E-state index contributed by atoms with van der Waals surface area (Å²) in [5, 5.41) is 5.13. The van der Waals surface area contributed by atoms with Crippen molar-refractivity contribution in [1.82, 2.24) is 15.3 Å². The molecule has 1 aromatic carbocycles. The van der Waals surface area contributed by atoms with Crippen molar-refractivity contribution < 1.29 is 9.59 Å². The first kappa shape index (κ1) is 18.5. The Kier molecular flexibility index (Phi) is 6.06. The van der Waals surface area contributed by atoms with E-state index in [1.807, 2.05) is 48.5 Å². The molecule has 0 saturated carbocycles. The maximum atomic E-state index is 12.0. The van der Waals surface area contributed by atoms with Crippen molar-refractivity contribution in [2.75, 3.05) is 4.90 Å². The van der Waals surface area contributed by atoms with E-state index in [0.29, 0.717) is 17.4 Å². The highest BCUT2D eigenvalue weighted by atomic mass is 32.1. The van der Waals surface area contributed by atoms with Crippen LogP contribution in [0.5, 0.6) is 0 Å². The Bertz CT molecular complexity index is 939. The summed E-state index contributed by atoms with van der Waals surface area (Å²) in [6, 6.07) is 14.9. The van der Waals surface area contributed by atoms with Gasteiger partial charge in [0.2, 0.25) is 11.8 Å². The standard InChI is InChI=1S/C20H18N4O2S/c1-15(25)24(18-8-3-2-4-9-18)20-23-17(14-27-20)10-11-19(26)22-13-16-7-5-6-12-21-16/h2-12,14H,13H2,1H3,(H,22,26)/b11-10+. The maximum Gasteiger partial charge on any atom is 0.244 e. The van der Waals surface area contributed by atoms with Crippen molar-refractivity contribution in [2.45, 2.75) is 13.5 Å². The minimum absolute atomic E-state index is 0.126. The molecule has 1 N–H and O–H groups in total. The summed E-state index contributed by atoms with van der Waals surface area (Å²) in [6.45, 7) is 1.85. The number of amides is 2. The number of nitrogens with one attached hydrogen (secondary N) is 1. The highest BCUT2D eigenvalue weighted by Crippen LogP contribution is 2.28. The van der Waals surface area contributed by atoms with E-state index in [-0.39, 0.29) is 11.8 Å². The first-order valence-electron chi connectivity index (χ1n) is 8.30. The van der Waals surface area contributed by atoms with Crippen molar-refractivity contribution in [3.05, 3.63) is 77.6 Å². The van der Waals surface area contributed by atoms with Crippen LogP contribution in [0.25, 0.3) is 6.08 Å². The van der Waals surface area contributed by atoms with Gasteiger partial charge in [0.15, 0.2) is 5.13 Å². The third-order valence-electron chi connectivity index (χ3n) is 3.61. The van der Waals surface area contributed by atoms with E-state index < -0.39 is 0 Å². The molecular formula is C20H18N4O2S. The molecule has 6 nitrogen and oxygen atoms in total. The van der Waals surface area contributed by atoms with Crippen LogP contribution >= 0.6 is 11.3 Å². The number of hydrogen-bond donors (Lipinski definition) is 1. The first-order valence-corrected chi connectivity index (χ1v) is 9.18. The van der Waals surface area contributed by atoms with Gasteiger partial charge in [-0.3, -0.25) is 19.5 Å². The minimum Gasteiger partial charge on any atom is -0.347 e. The molecule has 27 heavy (non-hydrogen) atoms. The van der Waals surface area contributed by atoms with E-state index in [2.05, 4.69) is 15.3 Å². The highest BCUT2D eigenvalue weighted by molar-refractivity contribution is 7.14. The fourth-order valence-corrected chi connectivity index (χ4v) is 3.21. The Morgan fingerprint density at radius 2 is 1.93 bits per heavy atom. The quantitative estimate of drug-likeness (QED) is 0.666. The summed E-state index contributed by atoms with van der Waals surface area (Å²) in [4.78, 5) is 34.1. The van der Waals surface area contributed by atoms with Crippen molar-refractivity contribution in [3.63, 3.8) is 0 Å². The van der Waals surface area contributed by atoms with Crippen molar-refractivity contribution in [2.24, 2.45) is 0 Å². The average Bonchev–Trinajstić information content (AvgIpc) is 3.14. The van der Waals surface area contributed by atoms with Crippen molar-refractivity contribution in [3.8, 4) is 0 Å². The van der Waals surface area contributed by atoms with Crippen LogP contribution in [0.1, 0.15) is 18.3 Å². The zero-order valence-corrected chi connectivity index (χ0v) is 15.5. The molecule has 2 heterocycles. The summed E-state index contributed by atoms with van der Waals surface area (Å²) in [5.41, 5.74) is 2.16. The van der Waals surface area contributed by atoms with Gasteiger partial charge in [-0.2, -0.15) is 0 Å². The Balaban J connectivity index is 1.65. The van der Waals surface area contributed by atoms with Gasteiger partial charge in [0.05, 0.1) is 23.6 Å². The van der Waals surface area contributed by atoms with Gasteiger partial charge in [-0.15, -0.1) is 11.3 Å². The zero-order valence-electron chi connectivity index (χ0n) is 14.7. The Morgan fingerprint density at radius 1 is 1.15 bits per heavy atom. The van der Waals surface area contributed by atoms with Crippen LogP contribution in [-0.4, -0.2) is 21.8 Å². The minimum atomic E-state index is -0.235. The van der Waals surface area contributed by atoms with Crippen LogP contribution in [0.3, 0.4) is 0 Å². The molecule has 0 aliphatic carbocycles. The lowest BCUT2D eigenvalue weighted by atomic mass is 10.3. The number of anilines is 2. The molecule has 0 aliphatic heterocycles. The van der Waals surface area contributed by atoms with Gasteiger partial charge in [-0.05, 0) is 30.3 Å². The second-order valence-electron chi connectivity index (χ2n) is 5.62. The van der Waals surface area contributed by atoms with Gasteiger partial charge in [0, 0.05) is 24.6 Å². The number of hydrogen-bond acceptors (Lipinski definition) is 5. The van der Waals surface area contributed by atoms with E-state index in [9.17, 15) is 9.59 Å². The van der Waals surface area contributed by atoms with Crippen LogP contribution in [0.2, 0.25) is 0 Å². The lowest BCUT2D eigenvalue weighted by molar-refractivity contribution is -0.117. The van der Waals surface area contributed by atoms with Gasteiger partial charge < -0.3 is 5.32 Å². The van der Waals surface area contributed by atoms with Gasteiger partial charge in [0.25, 0.3) is 0 Å². The number of pyridine rings is 1. The van der Waals surface area contributed by atoms with E-state index in [0.717, 1.165) is 11.4 Å². The predicted octanol–water partition coefficient (Wildman–Crippen LogP) is 3.55. The molecule has 2 aromatic heterocycles. The maximum absolute atomic E-state index is 12.0. The Hall–Kier alpha value is -3.32. The molecule has 0 radical (unpaired) electrons. The number of para-hydroxylation sites is 1. The molecule has 0 unspecified atom stereocenters. The number of thiazole rings is 1. The van der Waals surface area contributed by atoms with E-state index >= 15 is 0 Å². The highest BCUT2D eigenvalue weighted by Gasteiger charge is 2.17. The number of carbonyl (C=O) groups excluding carboxylic acids is 2. The van der Waals surface area contributed by atoms with E-state index in [1.54, 1.807) is 22.6 Å². The third kappa shape index (κ3) is 5.08. The number of aromatic nitrogens is 2. The molecule has 136 valence electrons. The summed E-state index contributed by atoms with van der Waals surface area (Å²) in [7, 11) is 0. The van der Waals surface area contributed by atoms with Gasteiger partial charge >= 0.3 is 0 Å². The smallest absolute Gasteiger partial charge is 0.244 e. The Morgan fingerprint density at radius 3 is 2.63 bits per heavy atom. The molecule has 0 bridgehead atoms. The molecule has 0 fully saturated rings. The molecule has 7 heteroatoms. The summed E-state index contributed by atoms with van der Waals surface area (Å²) < 4.78 is 0. The predicted molar refractivity (Wildman–Crippen MR) is 106 cm³/mol. The van der Waals surface area contributed by atoms with Crippen LogP contribution in [0.15, 0.2) is 66.2 Å². The number of benzene rings is 1. The molecule has 3 aromatic rings. The van der Waals surface area contributed by atoms with Crippen LogP contribution in [0, 0.1) is 0 Å². The topological polar surface area (TPSA) is 75.2 Å². The van der Waals surface area contributed by atoms with E-state index in [1.165, 1.54) is 24.3 Å². The van der Waals surface area contributed by atoms with Crippen LogP contribution in [-0.2, 0) is 16.1 Å². The fourth-order valence-electron chi connectivity index (χ4n) is 2.36. The third-order valence-corrected chi connectivity index (χ3v) is 4.45.